The maximum absolute atomic E-state index is 12.1. The van der Waals surface area contributed by atoms with E-state index in [1.807, 2.05) is 20.8 Å². The zero-order valence-electron chi connectivity index (χ0n) is 22.0. The van der Waals surface area contributed by atoms with Crippen LogP contribution in [0, 0.1) is 6.92 Å². The summed E-state index contributed by atoms with van der Waals surface area (Å²) in [5.74, 6) is -0.0982. The molecule has 1 aromatic carbocycles. The van der Waals surface area contributed by atoms with Gasteiger partial charge in [-0.1, -0.05) is 23.3 Å². The molecule has 2 heterocycles. The Morgan fingerprint density at radius 1 is 1.11 bits per heavy atom. The lowest BCUT2D eigenvalue weighted by Gasteiger charge is -2.26. The number of phenolic OH excluding ortho intramolecular Hbond substituents is 1. The van der Waals surface area contributed by atoms with E-state index in [2.05, 4.69) is 17.1 Å². The van der Waals surface area contributed by atoms with E-state index in [9.17, 15) is 14.7 Å². The van der Waals surface area contributed by atoms with Crippen LogP contribution in [0.3, 0.4) is 0 Å². The fourth-order valence-electron chi connectivity index (χ4n) is 4.54. The second kappa shape index (κ2) is 13.5. The van der Waals surface area contributed by atoms with Crippen LogP contribution in [-0.2, 0) is 32.0 Å². The molecule has 0 saturated carbocycles. The summed E-state index contributed by atoms with van der Waals surface area (Å²) in [5.41, 5.74) is 4.72. The number of rotatable bonds is 12. The second-order valence-corrected chi connectivity index (χ2v) is 9.43. The van der Waals surface area contributed by atoms with Gasteiger partial charge in [-0.25, -0.2) is 4.79 Å². The standard InChI is InChI=1S/C28H39NO7/c1-19(8-10-22-26(31)25-23(18-36-28(25)32)21(3)27(22)33-4)6-5-7-20(2)9-11-24(30)35-17-14-29-12-15-34-16-13-29/h7-8,31H,5-6,9-18H2,1-4H3. The van der Waals surface area contributed by atoms with Crippen molar-refractivity contribution in [3.63, 3.8) is 0 Å². The number of carbonyl (C=O) groups is 2. The number of ether oxygens (including phenoxy) is 4. The molecule has 3 rings (SSSR count). The van der Waals surface area contributed by atoms with Crippen LogP contribution in [0.15, 0.2) is 23.3 Å². The van der Waals surface area contributed by atoms with Gasteiger partial charge in [0.05, 0.1) is 20.3 Å². The van der Waals surface area contributed by atoms with Gasteiger partial charge in [-0.05, 0) is 52.0 Å². The first kappa shape index (κ1) is 27.7. The maximum Gasteiger partial charge on any atom is 0.342 e. The summed E-state index contributed by atoms with van der Waals surface area (Å²) in [6, 6.07) is 0. The molecule has 0 amide bonds. The number of benzene rings is 1. The summed E-state index contributed by atoms with van der Waals surface area (Å²) in [5, 5.41) is 10.7. The molecule has 1 fully saturated rings. The van der Waals surface area contributed by atoms with Crippen molar-refractivity contribution in [3.8, 4) is 11.5 Å². The maximum atomic E-state index is 12.1. The van der Waals surface area contributed by atoms with Gasteiger partial charge >= 0.3 is 11.9 Å². The highest BCUT2D eigenvalue weighted by atomic mass is 16.5. The second-order valence-electron chi connectivity index (χ2n) is 9.43. The molecule has 0 atom stereocenters. The molecule has 198 valence electrons. The molecule has 36 heavy (non-hydrogen) atoms. The molecule has 1 saturated heterocycles. The van der Waals surface area contributed by atoms with E-state index in [1.165, 1.54) is 11.1 Å². The molecule has 0 aromatic heterocycles. The Morgan fingerprint density at radius 2 is 1.83 bits per heavy atom. The molecule has 0 unspecified atom stereocenters. The summed E-state index contributed by atoms with van der Waals surface area (Å²) in [4.78, 5) is 26.3. The van der Waals surface area contributed by atoms with E-state index in [-0.39, 0.29) is 23.9 Å². The molecule has 2 aliphatic heterocycles. The molecular formula is C28H39NO7. The van der Waals surface area contributed by atoms with Gasteiger partial charge in [-0.3, -0.25) is 9.69 Å². The van der Waals surface area contributed by atoms with Crippen LogP contribution >= 0.6 is 0 Å². The molecule has 2 aliphatic rings. The number of hydrogen-bond donors (Lipinski definition) is 1. The van der Waals surface area contributed by atoms with Crippen molar-refractivity contribution in [2.45, 2.75) is 59.5 Å². The number of carbonyl (C=O) groups excluding carboxylic acids is 2. The van der Waals surface area contributed by atoms with Crippen molar-refractivity contribution in [2.24, 2.45) is 0 Å². The molecule has 8 heteroatoms. The van der Waals surface area contributed by atoms with E-state index >= 15 is 0 Å². The lowest BCUT2D eigenvalue weighted by Crippen LogP contribution is -2.38. The number of esters is 2. The Labute approximate surface area is 213 Å². The van der Waals surface area contributed by atoms with Crippen molar-refractivity contribution in [2.75, 3.05) is 46.6 Å². The number of cyclic esters (lactones) is 1. The summed E-state index contributed by atoms with van der Waals surface area (Å²) < 4.78 is 21.3. The third-order valence-electron chi connectivity index (χ3n) is 6.83. The molecule has 1 N–H and O–H groups in total. The predicted octanol–water partition coefficient (Wildman–Crippen LogP) is 4.25. The monoisotopic (exact) mass is 501 g/mol. The number of nitrogens with zero attached hydrogens (tertiary/aromatic N) is 1. The predicted molar refractivity (Wildman–Crippen MR) is 136 cm³/mol. The third-order valence-corrected chi connectivity index (χ3v) is 6.83. The number of morpholine rings is 1. The van der Waals surface area contributed by atoms with Crippen LogP contribution in [0.1, 0.15) is 66.6 Å². The van der Waals surface area contributed by atoms with Crippen LogP contribution < -0.4 is 4.74 Å². The minimum atomic E-state index is -0.489. The molecule has 0 aliphatic carbocycles. The number of allylic oxidation sites excluding steroid dienone is 4. The highest BCUT2D eigenvalue weighted by molar-refractivity contribution is 5.98. The molecule has 0 bridgehead atoms. The van der Waals surface area contributed by atoms with Gasteiger partial charge in [0.1, 0.15) is 30.3 Å². The summed E-state index contributed by atoms with van der Waals surface area (Å²) >= 11 is 0. The lowest BCUT2D eigenvalue weighted by atomic mass is 9.94. The van der Waals surface area contributed by atoms with Gasteiger partial charge in [0, 0.05) is 37.2 Å². The number of methoxy groups -OCH3 is 1. The zero-order valence-corrected chi connectivity index (χ0v) is 22.0. The van der Waals surface area contributed by atoms with Crippen molar-refractivity contribution >= 4 is 11.9 Å². The first-order valence-electron chi connectivity index (χ1n) is 12.7. The van der Waals surface area contributed by atoms with E-state index < -0.39 is 5.97 Å². The minimum absolute atomic E-state index is 0.0495. The molecular weight excluding hydrogens is 462 g/mol. The molecule has 0 spiro atoms. The van der Waals surface area contributed by atoms with E-state index in [0.717, 1.165) is 51.3 Å². The topological polar surface area (TPSA) is 94.5 Å². The van der Waals surface area contributed by atoms with Crippen LogP contribution in [0.5, 0.6) is 11.5 Å². The SMILES string of the molecule is COc1c(C)c2c(c(O)c1CC=C(C)CCC=C(C)CCC(=O)OCCN1CCOCC1)C(=O)OC2. The molecule has 0 radical (unpaired) electrons. The Hall–Kier alpha value is -2.84. The first-order chi connectivity index (χ1) is 17.3. The summed E-state index contributed by atoms with van der Waals surface area (Å²) in [6.07, 6.45) is 7.47. The summed E-state index contributed by atoms with van der Waals surface area (Å²) in [6.45, 7) is 10.6. The fraction of sp³-hybridized carbons (Fsp3) is 0.571. The van der Waals surface area contributed by atoms with Gasteiger partial charge in [-0.15, -0.1) is 0 Å². The number of phenols is 1. The van der Waals surface area contributed by atoms with Gasteiger partial charge in [0.15, 0.2) is 0 Å². The smallest absolute Gasteiger partial charge is 0.342 e. The van der Waals surface area contributed by atoms with Gasteiger partial charge in [0.2, 0.25) is 0 Å². The quantitative estimate of drug-likeness (QED) is 0.336. The van der Waals surface area contributed by atoms with Crippen LogP contribution in [-0.4, -0.2) is 68.5 Å². The van der Waals surface area contributed by atoms with Crippen LogP contribution in [0.25, 0.3) is 0 Å². The van der Waals surface area contributed by atoms with E-state index in [1.54, 1.807) is 7.11 Å². The third kappa shape index (κ3) is 7.34. The van der Waals surface area contributed by atoms with Crippen molar-refractivity contribution < 1.29 is 33.6 Å². The number of fused-ring (bicyclic) bond motifs is 1. The molecule has 1 aromatic rings. The van der Waals surface area contributed by atoms with Gasteiger partial charge in [0.25, 0.3) is 0 Å². The van der Waals surface area contributed by atoms with Crippen molar-refractivity contribution in [3.05, 3.63) is 45.6 Å². The van der Waals surface area contributed by atoms with Crippen molar-refractivity contribution in [1.29, 1.82) is 0 Å². The number of hydrogen-bond acceptors (Lipinski definition) is 8. The first-order valence-corrected chi connectivity index (χ1v) is 12.7. The minimum Gasteiger partial charge on any atom is -0.507 e. The Bertz CT molecular complexity index is 1010. The highest BCUT2D eigenvalue weighted by Gasteiger charge is 2.31. The summed E-state index contributed by atoms with van der Waals surface area (Å²) in [7, 11) is 1.57. The Morgan fingerprint density at radius 3 is 2.56 bits per heavy atom. The Kier molecular flexibility index (Phi) is 10.4. The van der Waals surface area contributed by atoms with E-state index in [4.69, 9.17) is 18.9 Å². The molecule has 8 nitrogen and oxygen atoms in total. The average molecular weight is 502 g/mol. The lowest BCUT2D eigenvalue weighted by molar-refractivity contribution is -0.144. The largest absolute Gasteiger partial charge is 0.507 e. The van der Waals surface area contributed by atoms with Crippen molar-refractivity contribution in [1.82, 2.24) is 4.90 Å². The van der Waals surface area contributed by atoms with Crippen LogP contribution in [0.4, 0.5) is 0 Å². The number of aromatic hydroxyl groups is 1. The van der Waals surface area contributed by atoms with E-state index in [0.29, 0.717) is 42.7 Å². The fourth-order valence-corrected chi connectivity index (χ4v) is 4.54. The average Bonchev–Trinajstić information content (AvgIpc) is 3.26. The van der Waals surface area contributed by atoms with Crippen LogP contribution in [0.2, 0.25) is 0 Å². The normalized spacial score (nSPS) is 16.6. The highest BCUT2D eigenvalue weighted by Crippen LogP contribution is 2.42. The van der Waals surface area contributed by atoms with Gasteiger partial charge < -0.3 is 24.1 Å². The van der Waals surface area contributed by atoms with Gasteiger partial charge in [-0.2, -0.15) is 0 Å². The Balaban J connectivity index is 1.43. The zero-order chi connectivity index (χ0) is 26.1.